The Labute approximate surface area is 145 Å². The van der Waals surface area contributed by atoms with Crippen LogP contribution in [0.15, 0.2) is 40.9 Å². The lowest BCUT2D eigenvalue weighted by atomic mass is 10.1. The summed E-state index contributed by atoms with van der Waals surface area (Å²) in [4.78, 5) is 21.9. The van der Waals surface area contributed by atoms with E-state index in [0.29, 0.717) is 0 Å². The minimum absolute atomic E-state index is 0.152. The summed E-state index contributed by atoms with van der Waals surface area (Å²) in [7, 11) is -3.97. The zero-order valence-corrected chi connectivity index (χ0v) is 14.5. The van der Waals surface area contributed by atoms with Gasteiger partial charge in [0.15, 0.2) is 0 Å². The van der Waals surface area contributed by atoms with Gasteiger partial charge in [0.25, 0.3) is 11.6 Å². The summed E-state index contributed by atoms with van der Waals surface area (Å²) >= 11 is 0. The number of nitro benzene ring substituents is 1. The van der Waals surface area contributed by atoms with Crippen LogP contribution in [0.5, 0.6) is 0 Å². The third-order valence-electron chi connectivity index (χ3n) is 3.72. The first kappa shape index (κ1) is 18.9. The summed E-state index contributed by atoms with van der Waals surface area (Å²) in [6.45, 7) is 1.41. The third kappa shape index (κ3) is 5.26. The van der Waals surface area contributed by atoms with E-state index >= 15 is 0 Å². The fourth-order valence-corrected chi connectivity index (χ4v) is 3.51. The molecule has 0 aromatic heterocycles. The number of carbonyl (C=O) groups excluding carboxylic acids is 1. The van der Waals surface area contributed by atoms with E-state index in [1.54, 1.807) is 0 Å². The molecule has 0 heterocycles. The Morgan fingerprint density at radius 2 is 1.92 bits per heavy atom. The van der Waals surface area contributed by atoms with Crippen LogP contribution in [0.2, 0.25) is 0 Å². The molecule has 1 aliphatic carbocycles. The molecule has 0 saturated carbocycles. The van der Waals surface area contributed by atoms with Crippen molar-refractivity contribution in [3.05, 3.63) is 46.2 Å². The number of nitrogens with one attached hydrogen (secondary N) is 3. The van der Waals surface area contributed by atoms with Gasteiger partial charge in [-0.1, -0.05) is 6.08 Å². The monoisotopic (exact) mass is 368 g/mol. The normalized spacial score (nSPS) is 15.8. The molecule has 25 heavy (non-hydrogen) atoms. The minimum Gasteiger partial charge on any atom is -0.303 e. The lowest BCUT2D eigenvalue weighted by molar-refractivity contribution is -0.384. The van der Waals surface area contributed by atoms with Crippen LogP contribution in [0, 0.1) is 10.1 Å². The average Bonchev–Trinajstić information content (AvgIpc) is 2.60. The van der Waals surface area contributed by atoms with Gasteiger partial charge in [-0.2, -0.15) is 4.72 Å². The number of sulfonamides is 1. The van der Waals surface area contributed by atoms with Crippen LogP contribution in [-0.2, 0) is 14.8 Å². The molecule has 1 aliphatic rings. The van der Waals surface area contributed by atoms with Crippen molar-refractivity contribution in [3.8, 4) is 0 Å². The van der Waals surface area contributed by atoms with Gasteiger partial charge >= 0.3 is 0 Å². The van der Waals surface area contributed by atoms with Gasteiger partial charge in [-0.3, -0.25) is 20.3 Å². The zero-order valence-electron chi connectivity index (χ0n) is 13.7. The molecule has 9 nitrogen and oxygen atoms in total. The second-order valence-corrected chi connectivity index (χ2v) is 7.40. The molecule has 2 rings (SSSR count). The largest absolute Gasteiger partial charge is 0.303 e. The van der Waals surface area contributed by atoms with Gasteiger partial charge in [0.2, 0.25) is 10.0 Å². The summed E-state index contributed by atoms with van der Waals surface area (Å²) in [5.74, 6) is -0.531. The predicted molar refractivity (Wildman–Crippen MR) is 90.7 cm³/mol. The third-order valence-corrected chi connectivity index (χ3v) is 5.28. The molecule has 136 valence electrons. The van der Waals surface area contributed by atoms with E-state index < -0.39 is 26.9 Å². The highest BCUT2D eigenvalue weighted by molar-refractivity contribution is 7.89. The Morgan fingerprint density at radius 1 is 1.24 bits per heavy atom. The number of amides is 1. The molecule has 0 saturated heterocycles. The van der Waals surface area contributed by atoms with Crippen molar-refractivity contribution in [3.63, 3.8) is 0 Å². The molecule has 10 heteroatoms. The summed E-state index contributed by atoms with van der Waals surface area (Å²) < 4.78 is 26.7. The highest BCUT2D eigenvalue weighted by Crippen LogP contribution is 2.16. The molecule has 0 bridgehead atoms. The summed E-state index contributed by atoms with van der Waals surface area (Å²) in [5, 5.41) is 10.6. The second kappa shape index (κ2) is 8.08. The maximum Gasteiger partial charge on any atom is 0.269 e. The lowest BCUT2D eigenvalue weighted by Crippen LogP contribution is -2.49. The van der Waals surface area contributed by atoms with Gasteiger partial charge in [-0.25, -0.2) is 8.42 Å². The number of nitro groups is 1. The SMILES string of the molecule is CC(NS(=O)(=O)c1ccc([N+](=O)[O-])cc1)C(=O)NNC1=CCCCC1. The number of hydrogen-bond donors (Lipinski definition) is 3. The van der Waals surface area contributed by atoms with E-state index in [4.69, 9.17) is 0 Å². The minimum atomic E-state index is -3.97. The molecule has 1 unspecified atom stereocenters. The van der Waals surface area contributed by atoms with Crippen molar-refractivity contribution in [2.24, 2.45) is 0 Å². The fraction of sp³-hybridized carbons (Fsp3) is 0.400. The van der Waals surface area contributed by atoms with Crippen LogP contribution < -0.4 is 15.6 Å². The Kier molecular flexibility index (Phi) is 6.10. The zero-order chi connectivity index (χ0) is 18.4. The van der Waals surface area contributed by atoms with Gasteiger partial charge in [0, 0.05) is 17.8 Å². The quantitative estimate of drug-likeness (QED) is 0.492. The van der Waals surface area contributed by atoms with E-state index in [0.717, 1.165) is 55.6 Å². The van der Waals surface area contributed by atoms with E-state index in [9.17, 15) is 23.3 Å². The van der Waals surface area contributed by atoms with Gasteiger partial charge < -0.3 is 5.43 Å². The average molecular weight is 368 g/mol. The number of benzene rings is 1. The van der Waals surface area contributed by atoms with E-state index in [-0.39, 0.29) is 10.6 Å². The maximum atomic E-state index is 12.2. The topological polar surface area (TPSA) is 130 Å². The van der Waals surface area contributed by atoms with Crippen LogP contribution in [-0.4, -0.2) is 25.3 Å². The smallest absolute Gasteiger partial charge is 0.269 e. The van der Waals surface area contributed by atoms with Crippen LogP contribution in [0.1, 0.15) is 32.6 Å². The highest BCUT2D eigenvalue weighted by atomic mass is 32.2. The number of nitrogens with zero attached hydrogens (tertiary/aromatic N) is 1. The number of rotatable bonds is 7. The van der Waals surface area contributed by atoms with E-state index in [1.807, 2.05) is 6.08 Å². The molecular formula is C15H20N4O5S. The lowest BCUT2D eigenvalue weighted by Gasteiger charge is -2.18. The molecule has 1 atom stereocenters. The van der Waals surface area contributed by atoms with Crippen molar-refractivity contribution in [1.82, 2.24) is 15.6 Å². The number of non-ortho nitro benzene ring substituents is 1. The predicted octanol–water partition coefficient (Wildman–Crippen LogP) is 1.34. The molecule has 0 radical (unpaired) electrons. The molecule has 1 amide bonds. The Hall–Kier alpha value is -2.46. The molecule has 1 aromatic rings. The molecule has 0 fully saturated rings. The van der Waals surface area contributed by atoms with Crippen LogP contribution in [0.4, 0.5) is 5.69 Å². The molecule has 0 aliphatic heterocycles. The second-order valence-electron chi connectivity index (χ2n) is 5.68. The van der Waals surface area contributed by atoms with Crippen LogP contribution in [0.3, 0.4) is 0 Å². The van der Waals surface area contributed by atoms with Crippen molar-refractivity contribution in [2.75, 3.05) is 0 Å². The Morgan fingerprint density at radius 3 is 2.48 bits per heavy atom. The van der Waals surface area contributed by atoms with Gasteiger partial charge in [-0.05, 0) is 44.7 Å². The van der Waals surface area contributed by atoms with Crippen molar-refractivity contribution in [1.29, 1.82) is 0 Å². The summed E-state index contributed by atoms with van der Waals surface area (Å²) in [6.07, 6.45) is 5.93. The van der Waals surface area contributed by atoms with Crippen LogP contribution in [0.25, 0.3) is 0 Å². The number of carbonyl (C=O) groups is 1. The van der Waals surface area contributed by atoms with Gasteiger partial charge in [0.05, 0.1) is 15.9 Å². The van der Waals surface area contributed by atoms with E-state index in [1.165, 1.54) is 6.92 Å². The van der Waals surface area contributed by atoms with Crippen molar-refractivity contribution in [2.45, 2.75) is 43.5 Å². The number of hydrazine groups is 1. The first-order chi connectivity index (χ1) is 11.8. The molecule has 0 spiro atoms. The van der Waals surface area contributed by atoms with Crippen LogP contribution >= 0.6 is 0 Å². The molecule has 3 N–H and O–H groups in total. The Bertz CT molecular complexity index is 774. The standard InChI is InChI=1S/C15H20N4O5S/c1-11(15(20)17-16-12-5-3-2-4-6-12)18-25(23,24)14-9-7-13(8-10-14)19(21)22/h5,7-11,16,18H,2-4,6H2,1H3,(H,17,20). The number of allylic oxidation sites excluding steroid dienone is 2. The molecular weight excluding hydrogens is 348 g/mol. The first-order valence-electron chi connectivity index (χ1n) is 7.81. The summed E-state index contributed by atoms with van der Waals surface area (Å²) in [5.41, 5.74) is 5.97. The van der Waals surface area contributed by atoms with Crippen molar-refractivity contribution >= 4 is 21.6 Å². The maximum absolute atomic E-state index is 12.2. The fourth-order valence-electron chi connectivity index (χ4n) is 2.30. The van der Waals surface area contributed by atoms with Gasteiger partial charge in [0.1, 0.15) is 0 Å². The Balaban J connectivity index is 1.95. The van der Waals surface area contributed by atoms with E-state index in [2.05, 4.69) is 15.6 Å². The first-order valence-corrected chi connectivity index (χ1v) is 9.29. The van der Waals surface area contributed by atoms with Crippen molar-refractivity contribution < 1.29 is 18.1 Å². The number of hydrogen-bond acceptors (Lipinski definition) is 6. The summed E-state index contributed by atoms with van der Waals surface area (Å²) in [6, 6.07) is 3.41. The highest BCUT2D eigenvalue weighted by Gasteiger charge is 2.22. The van der Waals surface area contributed by atoms with Gasteiger partial charge in [-0.15, -0.1) is 0 Å². The molecule has 1 aromatic carbocycles.